The van der Waals surface area contributed by atoms with Gasteiger partial charge in [0.05, 0.1) is 36.9 Å². The number of carbonyl (C=O) groups is 5. The topological polar surface area (TPSA) is 347 Å². The molecule has 0 radical (unpaired) electrons. The van der Waals surface area contributed by atoms with Crippen molar-refractivity contribution in [1.29, 1.82) is 0 Å². The van der Waals surface area contributed by atoms with E-state index in [0.29, 0.717) is 0 Å². The average molecular weight is 971 g/mol. The Morgan fingerprint density at radius 3 is 1.60 bits per heavy atom. The predicted molar refractivity (Wildman–Crippen MR) is 232 cm³/mol. The van der Waals surface area contributed by atoms with Gasteiger partial charge in [-0.2, -0.15) is 0 Å². The Morgan fingerprint density at radius 2 is 1.09 bits per heavy atom. The van der Waals surface area contributed by atoms with E-state index in [9.17, 15) is 49.5 Å². The van der Waals surface area contributed by atoms with Gasteiger partial charge < -0.3 is 95.7 Å². The standard InChI is InChI=1S/C42H75FN6O18/c1-39(2,3)64-35(56)45-14-13-22(51)32(55)47-19-15-20(48-37(58)66-41(7,8)9)31(26(43)30(19)63-34-29(54)27(44)28(53)25(18-50)61-34)62-33-21(49-38(59)67-42(10,11)12)16-23(52)24(60-33)17-46-36(57)65-40(4,5)6/h19-31,33-34,50-54H,13-18,44H2,1-12H3,(H,45,56)(H,46,57)(H,47,55)(H,48,58)(H,49,59). The molecule has 25 heteroatoms. The molecule has 0 spiro atoms. The van der Waals surface area contributed by atoms with Gasteiger partial charge in [-0.1, -0.05) is 0 Å². The average Bonchev–Trinajstić information content (AvgIpc) is 3.15. The molecule has 67 heavy (non-hydrogen) atoms. The lowest BCUT2D eigenvalue weighted by molar-refractivity contribution is -0.311. The van der Waals surface area contributed by atoms with Crippen LogP contribution in [-0.4, -0.2) is 190 Å². The van der Waals surface area contributed by atoms with Gasteiger partial charge in [0.25, 0.3) is 0 Å². The van der Waals surface area contributed by atoms with E-state index in [-0.39, 0.29) is 25.9 Å². The molecular formula is C42H75FN6O18. The molecule has 2 saturated heterocycles. The third kappa shape index (κ3) is 18.8. The van der Waals surface area contributed by atoms with Crippen molar-refractivity contribution >= 4 is 30.3 Å². The van der Waals surface area contributed by atoms with Crippen molar-refractivity contribution in [3.05, 3.63) is 0 Å². The fraction of sp³-hybridized carbons (Fsp3) is 0.881. The number of hydrogen-bond donors (Lipinski definition) is 11. The Bertz CT molecular complexity index is 1650. The molecule has 3 aliphatic rings. The minimum absolute atomic E-state index is 0.230. The number of nitrogens with one attached hydrogen (secondary N) is 5. The summed E-state index contributed by atoms with van der Waals surface area (Å²) in [5, 5.41) is 66.1. The fourth-order valence-corrected chi connectivity index (χ4v) is 7.10. The van der Waals surface area contributed by atoms with E-state index in [2.05, 4.69) is 26.6 Å². The molecule has 1 saturated carbocycles. The van der Waals surface area contributed by atoms with Crippen molar-refractivity contribution < 1.29 is 91.8 Å². The number of hydrogen-bond acceptors (Lipinski definition) is 19. The number of ether oxygens (including phenoxy) is 8. The summed E-state index contributed by atoms with van der Waals surface area (Å²) < 4.78 is 63.3. The van der Waals surface area contributed by atoms with Crippen molar-refractivity contribution in [3.63, 3.8) is 0 Å². The lowest BCUT2D eigenvalue weighted by Crippen LogP contribution is -2.69. The number of halogens is 1. The van der Waals surface area contributed by atoms with E-state index in [1.54, 1.807) is 83.1 Å². The van der Waals surface area contributed by atoms with Crippen LogP contribution in [0.15, 0.2) is 0 Å². The van der Waals surface area contributed by atoms with Gasteiger partial charge in [0.1, 0.15) is 65.1 Å². The molecule has 2 heterocycles. The monoisotopic (exact) mass is 971 g/mol. The highest BCUT2D eigenvalue weighted by molar-refractivity contribution is 5.81. The Morgan fingerprint density at radius 1 is 0.642 bits per heavy atom. The third-order valence-corrected chi connectivity index (χ3v) is 9.98. The zero-order valence-corrected chi connectivity index (χ0v) is 40.4. The van der Waals surface area contributed by atoms with Crippen molar-refractivity contribution in [3.8, 4) is 0 Å². The lowest BCUT2D eigenvalue weighted by atomic mass is 9.83. The summed E-state index contributed by atoms with van der Waals surface area (Å²) in [7, 11) is 0. The molecule has 24 nitrogen and oxygen atoms in total. The third-order valence-electron chi connectivity index (χ3n) is 9.98. The summed E-state index contributed by atoms with van der Waals surface area (Å²) >= 11 is 0. The molecule has 388 valence electrons. The van der Waals surface area contributed by atoms with Crippen LogP contribution in [0, 0.1) is 0 Å². The van der Waals surface area contributed by atoms with Crippen LogP contribution in [0.3, 0.4) is 0 Å². The lowest BCUT2D eigenvalue weighted by Gasteiger charge is -2.49. The van der Waals surface area contributed by atoms with Crippen LogP contribution in [0.2, 0.25) is 0 Å². The van der Waals surface area contributed by atoms with E-state index in [4.69, 9.17) is 43.6 Å². The fourth-order valence-electron chi connectivity index (χ4n) is 7.10. The van der Waals surface area contributed by atoms with Crippen LogP contribution >= 0.6 is 0 Å². The summed E-state index contributed by atoms with van der Waals surface area (Å²) in [5.74, 6) is -1.08. The first-order valence-electron chi connectivity index (χ1n) is 22.2. The van der Waals surface area contributed by atoms with Crippen molar-refractivity contribution in [2.75, 3.05) is 19.7 Å². The van der Waals surface area contributed by atoms with Crippen LogP contribution in [0.5, 0.6) is 0 Å². The maximum Gasteiger partial charge on any atom is 0.408 e. The normalized spacial score (nSPS) is 32.2. The number of aliphatic hydroxyl groups excluding tert-OH is 5. The molecule has 3 rings (SSSR count). The highest BCUT2D eigenvalue weighted by Gasteiger charge is 2.54. The molecule has 12 N–H and O–H groups in total. The molecule has 0 aromatic rings. The number of carbonyl (C=O) groups excluding carboxylic acids is 5. The molecule has 3 fully saturated rings. The summed E-state index contributed by atoms with van der Waals surface area (Å²) in [5.41, 5.74) is 2.26. The summed E-state index contributed by atoms with van der Waals surface area (Å²) in [6.07, 6.45) is -23.9. The van der Waals surface area contributed by atoms with Gasteiger partial charge in [-0.05, 0) is 95.9 Å². The molecule has 0 aromatic heterocycles. The summed E-state index contributed by atoms with van der Waals surface area (Å²) in [4.78, 5) is 64.9. The first-order valence-corrected chi connectivity index (χ1v) is 22.2. The van der Waals surface area contributed by atoms with Crippen LogP contribution in [0.25, 0.3) is 0 Å². The van der Waals surface area contributed by atoms with Gasteiger partial charge in [-0.3, -0.25) is 4.79 Å². The SMILES string of the molecule is CC(C)(C)OC(=O)NCCC(O)C(=O)NC1CC(NC(=O)OC(C)(C)C)C(OC2OC(CNC(=O)OC(C)(C)C)C(O)CC2NC(=O)OC(C)(C)C)C(F)C1OC1OC(CO)C(O)C(N)C1O. The number of rotatable bonds is 14. The number of alkyl carbamates (subject to hydrolysis) is 4. The van der Waals surface area contributed by atoms with E-state index in [1.165, 1.54) is 0 Å². The maximum atomic E-state index is 17.8. The van der Waals surface area contributed by atoms with Crippen molar-refractivity contribution in [2.24, 2.45) is 5.73 Å². The Kier molecular flexibility index (Phi) is 20.2. The largest absolute Gasteiger partial charge is 0.444 e. The van der Waals surface area contributed by atoms with Gasteiger partial charge >= 0.3 is 24.4 Å². The molecule has 1 aliphatic carbocycles. The van der Waals surface area contributed by atoms with Gasteiger partial charge in [0, 0.05) is 19.5 Å². The van der Waals surface area contributed by atoms with Crippen LogP contribution < -0.4 is 32.3 Å². The highest BCUT2D eigenvalue weighted by Crippen LogP contribution is 2.35. The van der Waals surface area contributed by atoms with Crippen LogP contribution in [0.4, 0.5) is 23.6 Å². The number of aliphatic hydroxyl groups is 5. The van der Waals surface area contributed by atoms with Crippen molar-refractivity contribution in [2.45, 2.75) is 217 Å². The second-order valence-electron chi connectivity index (χ2n) is 20.7. The minimum Gasteiger partial charge on any atom is -0.444 e. The number of amides is 5. The maximum absolute atomic E-state index is 17.8. The van der Waals surface area contributed by atoms with E-state index in [1.807, 2.05) is 0 Å². The molecular weight excluding hydrogens is 895 g/mol. The minimum atomic E-state index is -2.48. The number of alkyl halides is 1. The van der Waals surface area contributed by atoms with Gasteiger partial charge in [-0.15, -0.1) is 0 Å². The molecule has 15 atom stereocenters. The smallest absolute Gasteiger partial charge is 0.408 e. The van der Waals surface area contributed by atoms with Gasteiger partial charge in [0.15, 0.2) is 18.8 Å². The second-order valence-corrected chi connectivity index (χ2v) is 20.7. The highest BCUT2D eigenvalue weighted by atomic mass is 19.1. The first kappa shape index (κ1) is 57.4. The summed E-state index contributed by atoms with van der Waals surface area (Å²) in [6.45, 7) is 18.0. The van der Waals surface area contributed by atoms with E-state index >= 15 is 4.39 Å². The second kappa shape index (κ2) is 23.6. The van der Waals surface area contributed by atoms with Crippen molar-refractivity contribution in [1.82, 2.24) is 26.6 Å². The Balaban J connectivity index is 2.07. The predicted octanol–water partition coefficient (Wildman–Crippen LogP) is -0.187. The summed E-state index contributed by atoms with van der Waals surface area (Å²) in [6, 6.07) is -5.75. The van der Waals surface area contributed by atoms with Gasteiger partial charge in [-0.25, -0.2) is 23.6 Å². The molecule has 2 aliphatic heterocycles. The zero-order chi connectivity index (χ0) is 51.0. The molecule has 0 bridgehead atoms. The Hall–Kier alpha value is -3.92. The quantitative estimate of drug-likeness (QED) is 0.101. The molecule has 15 unspecified atom stereocenters. The van der Waals surface area contributed by atoms with Gasteiger partial charge in [0.2, 0.25) is 5.91 Å². The van der Waals surface area contributed by atoms with Crippen LogP contribution in [-0.2, 0) is 42.7 Å². The molecule has 5 amide bonds. The van der Waals surface area contributed by atoms with E-state index in [0.717, 1.165) is 0 Å². The van der Waals surface area contributed by atoms with E-state index < -0.39 is 157 Å². The zero-order valence-electron chi connectivity index (χ0n) is 40.4. The Labute approximate surface area is 390 Å². The molecule has 0 aromatic carbocycles. The van der Waals surface area contributed by atoms with Crippen LogP contribution in [0.1, 0.15) is 102 Å². The number of nitrogens with two attached hydrogens (primary N) is 1. The first-order chi connectivity index (χ1) is 30.7.